The van der Waals surface area contributed by atoms with E-state index >= 15 is 0 Å². The number of hydrogen-bond donors (Lipinski definition) is 0. The molecule has 0 fully saturated rings. The van der Waals surface area contributed by atoms with Gasteiger partial charge in [-0.25, -0.2) is 0 Å². The second-order valence-corrected chi connectivity index (χ2v) is 6.82. The van der Waals surface area contributed by atoms with E-state index in [0.29, 0.717) is 12.3 Å². The standard InChI is InChI=1S/C8H17O2P/c1-5-11(10,6-2)8(4)7(3)9/h8H,5-6H2,1-4H3. The molecular weight excluding hydrogens is 159 g/mol. The summed E-state index contributed by atoms with van der Waals surface area (Å²) in [6.45, 7) is 7.08. The molecule has 0 bridgehead atoms. The Bertz CT molecular complexity index is 179. The Kier molecular flexibility index (Phi) is 4.02. The molecule has 0 aromatic heterocycles. The number of hydrogen-bond acceptors (Lipinski definition) is 2. The molecule has 0 aromatic rings. The van der Waals surface area contributed by atoms with Crippen LogP contribution in [0, 0.1) is 0 Å². The van der Waals surface area contributed by atoms with Crippen molar-refractivity contribution >= 4 is 12.9 Å². The van der Waals surface area contributed by atoms with E-state index in [4.69, 9.17) is 0 Å². The maximum Gasteiger partial charge on any atom is 0.139 e. The average molecular weight is 176 g/mol. The molecular formula is C8H17O2P. The minimum atomic E-state index is -2.18. The summed E-state index contributed by atoms with van der Waals surface area (Å²) in [7, 11) is -2.18. The maximum absolute atomic E-state index is 11.9. The number of Topliss-reactive ketones (excluding diaryl/α,β-unsaturated/α-hetero) is 1. The van der Waals surface area contributed by atoms with Crippen LogP contribution in [0.4, 0.5) is 0 Å². The zero-order valence-corrected chi connectivity index (χ0v) is 8.65. The fraction of sp³-hybridized carbons (Fsp3) is 0.875. The van der Waals surface area contributed by atoms with Crippen LogP contribution in [0.2, 0.25) is 0 Å². The average Bonchev–Trinajstić information content (AvgIpc) is 2.01. The van der Waals surface area contributed by atoms with Gasteiger partial charge in [-0.15, -0.1) is 0 Å². The van der Waals surface area contributed by atoms with E-state index in [1.54, 1.807) is 6.92 Å². The molecule has 11 heavy (non-hydrogen) atoms. The molecule has 0 aliphatic rings. The number of ketones is 1. The van der Waals surface area contributed by atoms with Gasteiger partial charge in [-0.1, -0.05) is 13.8 Å². The maximum atomic E-state index is 11.9. The van der Waals surface area contributed by atoms with E-state index in [0.717, 1.165) is 0 Å². The van der Waals surface area contributed by atoms with Crippen molar-refractivity contribution in [1.82, 2.24) is 0 Å². The van der Waals surface area contributed by atoms with Crippen LogP contribution in [0.25, 0.3) is 0 Å². The van der Waals surface area contributed by atoms with Crippen molar-refractivity contribution in [2.24, 2.45) is 0 Å². The summed E-state index contributed by atoms with van der Waals surface area (Å²) in [5, 5.41) is 0. The number of carbonyl (C=O) groups excluding carboxylic acids is 1. The van der Waals surface area contributed by atoms with Crippen LogP contribution >= 0.6 is 7.14 Å². The molecule has 1 unspecified atom stereocenters. The first-order valence-corrected chi connectivity index (χ1v) is 6.20. The Morgan fingerprint density at radius 1 is 1.36 bits per heavy atom. The molecule has 2 nitrogen and oxygen atoms in total. The molecule has 0 radical (unpaired) electrons. The Labute approximate surface area is 68.7 Å². The van der Waals surface area contributed by atoms with Crippen molar-refractivity contribution in [3.05, 3.63) is 0 Å². The monoisotopic (exact) mass is 176 g/mol. The molecule has 0 aliphatic heterocycles. The van der Waals surface area contributed by atoms with Crippen molar-refractivity contribution in [3.8, 4) is 0 Å². The van der Waals surface area contributed by atoms with Gasteiger partial charge in [0.2, 0.25) is 0 Å². The molecule has 66 valence electrons. The van der Waals surface area contributed by atoms with Crippen LogP contribution in [0.3, 0.4) is 0 Å². The van der Waals surface area contributed by atoms with Crippen LogP contribution in [0.5, 0.6) is 0 Å². The van der Waals surface area contributed by atoms with Crippen LogP contribution in [-0.4, -0.2) is 23.8 Å². The normalized spacial score (nSPS) is 14.5. The minimum Gasteiger partial charge on any atom is -0.323 e. The fourth-order valence-electron chi connectivity index (χ4n) is 1.10. The van der Waals surface area contributed by atoms with Crippen LogP contribution in [0.15, 0.2) is 0 Å². The highest BCUT2D eigenvalue weighted by Crippen LogP contribution is 2.49. The highest BCUT2D eigenvalue weighted by Gasteiger charge is 2.28. The van der Waals surface area contributed by atoms with Crippen molar-refractivity contribution in [2.45, 2.75) is 33.4 Å². The van der Waals surface area contributed by atoms with Gasteiger partial charge in [0.15, 0.2) is 0 Å². The van der Waals surface area contributed by atoms with Crippen LogP contribution in [0.1, 0.15) is 27.7 Å². The van der Waals surface area contributed by atoms with Crippen LogP contribution < -0.4 is 0 Å². The quantitative estimate of drug-likeness (QED) is 0.616. The smallest absolute Gasteiger partial charge is 0.139 e. The SMILES string of the molecule is CCP(=O)(CC)C(C)C(C)=O. The fourth-order valence-corrected chi connectivity index (χ4v) is 3.31. The van der Waals surface area contributed by atoms with Gasteiger partial charge in [0.05, 0.1) is 12.8 Å². The lowest BCUT2D eigenvalue weighted by Crippen LogP contribution is -2.16. The lowest BCUT2D eigenvalue weighted by Gasteiger charge is -2.19. The van der Waals surface area contributed by atoms with Gasteiger partial charge in [0, 0.05) is 0 Å². The molecule has 0 saturated carbocycles. The first-order chi connectivity index (χ1) is 4.98. The molecule has 0 rings (SSSR count). The summed E-state index contributed by atoms with van der Waals surface area (Å²) < 4.78 is 11.9. The largest absolute Gasteiger partial charge is 0.323 e. The Hall–Kier alpha value is -0.100. The zero-order valence-electron chi connectivity index (χ0n) is 7.76. The summed E-state index contributed by atoms with van der Waals surface area (Å²) in [6.07, 6.45) is 1.29. The molecule has 0 N–H and O–H groups in total. The highest BCUT2D eigenvalue weighted by atomic mass is 31.2. The third kappa shape index (κ3) is 2.44. The molecule has 0 saturated heterocycles. The summed E-state index contributed by atoms with van der Waals surface area (Å²) in [5.74, 6) is 0.0528. The lowest BCUT2D eigenvalue weighted by atomic mass is 10.3. The number of rotatable bonds is 4. The predicted octanol–water partition coefficient (Wildman–Crippen LogP) is 2.37. The van der Waals surface area contributed by atoms with Crippen LogP contribution in [-0.2, 0) is 9.36 Å². The van der Waals surface area contributed by atoms with Gasteiger partial charge in [-0.05, 0) is 26.2 Å². The van der Waals surface area contributed by atoms with E-state index in [1.165, 1.54) is 6.92 Å². The van der Waals surface area contributed by atoms with E-state index in [-0.39, 0.29) is 11.4 Å². The van der Waals surface area contributed by atoms with Gasteiger partial charge in [0.25, 0.3) is 0 Å². The van der Waals surface area contributed by atoms with Crippen molar-refractivity contribution in [2.75, 3.05) is 12.3 Å². The second kappa shape index (κ2) is 4.06. The third-order valence-electron chi connectivity index (χ3n) is 2.36. The topological polar surface area (TPSA) is 34.1 Å². The molecule has 0 aromatic carbocycles. The summed E-state index contributed by atoms with van der Waals surface area (Å²) in [4.78, 5) is 10.9. The molecule has 0 spiro atoms. The second-order valence-electron chi connectivity index (χ2n) is 2.87. The predicted molar refractivity (Wildman–Crippen MR) is 48.8 cm³/mol. The molecule has 1 atom stereocenters. The van der Waals surface area contributed by atoms with E-state index < -0.39 is 7.14 Å². The van der Waals surface area contributed by atoms with Crippen molar-refractivity contribution < 1.29 is 9.36 Å². The Morgan fingerprint density at radius 3 is 1.82 bits per heavy atom. The Balaban J connectivity index is 4.51. The van der Waals surface area contributed by atoms with Gasteiger partial charge < -0.3 is 4.57 Å². The summed E-state index contributed by atoms with van der Waals surface area (Å²) in [6, 6.07) is 0. The minimum absolute atomic E-state index is 0.0528. The van der Waals surface area contributed by atoms with Crippen molar-refractivity contribution in [3.63, 3.8) is 0 Å². The molecule has 0 aliphatic carbocycles. The summed E-state index contributed by atoms with van der Waals surface area (Å²) in [5.41, 5.74) is -0.238. The van der Waals surface area contributed by atoms with E-state index in [1.807, 2.05) is 13.8 Å². The zero-order chi connectivity index (χ0) is 9.07. The van der Waals surface area contributed by atoms with E-state index in [2.05, 4.69) is 0 Å². The Morgan fingerprint density at radius 2 is 1.73 bits per heavy atom. The van der Waals surface area contributed by atoms with Gasteiger partial charge >= 0.3 is 0 Å². The van der Waals surface area contributed by atoms with Gasteiger partial charge in [-0.3, -0.25) is 4.79 Å². The van der Waals surface area contributed by atoms with Gasteiger partial charge in [0.1, 0.15) is 5.78 Å². The third-order valence-corrected chi connectivity index (χ3v) is 6.28. The number of carbonyl (C=O) groups is 1. The first-order valence-electron chi connectivity index (χ1n) is 4.06. The highest BCUT2D eigenvalue weighted by molar-refractivity contribution is 7.65. The molecule has 3 heteroatoms. The van der Waals surface area contributed by atoms with E-state index in [9.17, 15) is 9.36 Å². The van der Waals surface area contributed by atoms with Gasteiger partial charge in [-0.2, -0.15) is 0 Å². The van der Waals surface area contributed by atoms with Crippen molar-refractivity contribution in [1.29, 1.82) is 0 Å². The first kappa shape index (κ1) is 10.9. The molecule has 0 amide bonds. The molecule has 0 heterocycles. The summed E-state index contributed by atoms with van der Waals surface area (Å²) >= 11 is 0. The lowest BCUT2D eigenvalue weighted by molar-refractivity contribution is -0.116.